The summed E-state index contributed by atoms with van der Waals surface area (Å²) in [6.07, 6.45) is 21.9. The lowest BCUT2D eigenvalue weighted by molar-refractivity contribution is -0.697. The Kier molecular flexibility index (Phi) is 21.1. The van der Waals surface area contributed by atoms with Crippen molar-refractivity contribution >= 4 is 17.5 Å². The molecule has 0 radical (unpaired) electrons. The molecule has 1 aromatic carbocycles. The molecule has 7 heteroatoms. The Balaban J connectivity index is 0.00000760. The van der Waals surface area contributed by atoms with Crippen molar-refractivity contribution in [3.63, 3.8) is 0 Å². The van der Waals surface area contributed by atoms with Crippen LogP contribution in [0.15, 0.2) is 42.7 Å². The molecule has 0 atom stereocenters. The van der Waals surface area contributed by atoms with E-state index in [1.54, 1.807) is 12.1 Å². The molecule has 1 N–H and O–H groups in total. The highest BCUT2D eigenvalue weighted by Crippen LogP contribution is 2.29. The van der Waals surface area contributed by atoms with Crippen LogP contribution in [0.25, 0.3) is 0 Å². The van der Waals surface area contributed by atoms with Crippen molar-refractivity contribution in [1.82, 2.24) is 5.32 Å². The molecule has 2 aromatic rings. The van der Waals surface area contributed by atoms with Gasteiger partial charge in [0.1, 0.15) is 18.0 Å². The SMILES string of the molecule is CCCCCCCCCCCCCCOc1ccc(OCC(=O)NCCc2cc[n+](CCC)cc2)cc1Cl.[I-]. The minimum atomic E-state index is -0.148. The molecule has 0 spiro atoms. The Bertz CT molecular complexity index is 895. The number of rotatable bonds is 22. The van der Waals surface area contributed by atoms with Gasteiger partial charge in [0.15, 0.2) is 19.0 Å². The van der Waals surface area contributed by atoms with E-state index in [2.05, 4.69) is 48.3 Å². The van der Waals surface area contributed by atoms with Crippen LogP contribution >= 0.6 is 11.6 Å². The van der Waals surface area contributed by atoms with Gasteiger partial charge < -0.3 is 38.8 Å². The zero-order chi connectivity index (χ0) is 27.3. The van der Waals surface area contributed by atoms with E-state index in [1.807, 2.05) is 6.07 Å². The number of aryl methyl sites for hydroxylation is 1. The first-order chi connectivity index (χ1) is 18.6. The lowest BCUT2D eigenvalue weighted by Gasteiger charge is -2.11. The summed E-state index contributed by atoms with van der Waals surface area (Å²) in [7, 11) is 0. The van der Waals surface area contributed by atoms with E-state index in [1.165, 1.54) is 76.2 Å². The fraction of sp³-hybridized carbons (Fsp3) is 0.625. The van der Waals surface area contributed by atoms with Crippen molar-refractivity contribution in [2.24, 2.45) is 0 Å². The number of carbonyl (C=O) groups excluding carboxylic acids is 1. The highest BCUT2D eigenvalue weighted by molar-refractivity contribution is 6.32. The Labute approximate surface area is 259 Å². The largest absolute Gasteiger partial charge is 1.00 e. The smallest absolute Gasteiger partial charge is 0.257 e. The molecule has 1 heterocycles. The number of benzene rings is 1. The third kappa shape index (κ3) is 17.0. The average molecular weight is 673 g/mol. The monoisotopic (exact) mass is 672 g/mol. The van der Waals surface area contributed by atoms with Crippen LogP contribution in [0.5, 0.6) is 11.5 Å². The highest BCUT2D eigenvalue weighted by Gasteiger charge is 2.07. The number of amides is 1. The Hall–Kier alpha value is -1.54. The first kappa shape index (κ1) is 35.5. The molecular weight excluding hydrogens is 623 g/mol. The van der Waals surface area contributed by atoms with Crippen LogP contribution in [0, 0.1) is 0 Å². The molecule has 0 unspecified atom stereocenters. The molecule has 0 bridgehead atoms. The van der Waals surface area contributed by atoms with Gasteiger partial charge in [0.2, 0.25) is 0 Å². The molecule has 1 amide bonds. The predicted octanol–water partition coefficient (Wildman–Crippen LogP) is 4.86. The fourth-order valence-corrected chi connectivity index (χ4v) is 4.65. The quantitative estimate of drug-likeness (QED) is 0.111. The van der Waals surface area contributed by atoms with E-state index < -0.39 is 0 Å². The molecule has 220 valence electrons. The predicted molar refractivity (Wildman–Crippen MR) is 157 cm³/mol. The maximum Gasteiger partial charge on any atom is 0.257 e. The number of carbonyl (C=O) groups is 1. The van der Waals surface area contributed by atoms with E-state index in [0.717, 1.165) is 25.8 Å². The standard InChI is InChI=1S/C32H49ClN2O3.HI/c1-3-5-6-7-8-9-10-11-12-13-14-15-25-37-31-17-16-29(26-30(31)33)38-27-32(36)34-21-18-28-19-23-35(22-4-2)24-20-28;/h16-17,19-20,23-24,26H,3-15,18,21-22,25,27H2,1-2H3;1H. The third-order valence-electron chi connectivity index (χ3n) is 6.71. The Morgan fingerprint density at radius 3 is 2.03 bits per heavy atom. The second-order valence-corrected chi connectivity index (χ2v) is 10.6. The zero-order valence-corrected chi connectivity index (χ0v) is 27.1. The van der Waals surface area contributed by atoms with Gasteiger partial charge in [-0.2, -0.15) is 0 Å². The number of hydrogen-bond donors (Lipinski definition) is 1. The van der Waals surface area contributed by atoms with E-state index in [0.29, 0.717) is 29.7 Å². The van der Waals surface area contributed by atoms with Crippen LogP contribution in [0.4, 0.5) is 0 Å². The molecule has 1 aromatic heterocycles. The molecule has 39 heavy (non-hydrogen) atoms. The summed E-state index contributed by atoms with van der Waals surface area (Å²) >= 11 is 6.37. The summed E-state index contributed by atoms with van der Waals surface area (Å²) in [5.74, 6) is 1.08. The van der Waals surface area contributed by atoms with Gasteiger partial charge in [0.05, 0.1) is 11.6 Å². The minimum absolute atomic E-state index is 0. The lowest BCUT2D eigenvalue weighted by atomic mass is 10.1. The Morgan fingerprint density at radius 2 is 1.44 bits per heavy atom. The summed E-state index contributed by atoms with van der Waals surface area (Å²) in [5, 5.41) is 3.41. The number of hydrogen-bond acceptors (Lipinski definition) is 3. The number of ether oxygens (including phenoxy) is 2. The average Bonchev–Trinajstić information content (AvgIpc) is 2.92. The Morgan fingerprint density at radius 1 is 0.821 bits per heavy atom. The number of halogens is 2. The molecule has 0 aliphatic carbocycles. The number of nitrogens with one attached hydrogen (secondary N) is 1. The maximum atomic E-state index is 12.1. The molecule has 2 rings (SSSR count). The summed E-state index contributed by atoms with van der Waals surface area (Å²) in [4.78, 5) is 12.1. The second-order valence-electron chi connectivity index (χ2n) is 10.2. The van der Waals surface area contributed by atoms with Crippen LogP contribution in [0.3, 0.4) is 0 Å². The highest BCUT2D eigenvalue weighted by atomic mass is 127. The number of aromatic nitrogens is 1. The topological polar surface area (TPSA) is 51.4 Å². The van der Waals surface area contributed by atoms with Gasteiger partial charge >= 0.3 is 0 Å². The molecule has 0 saturated carbocycles. The first-order valence-electron chi connectivity index (χ1n) is 14.9. The lowest BCUT2D eigenvalue weighted by Crippen LogP contribution is -3.00. The third-order valence-corrected chi connectivity index (χ3v) is 7.00. The minimum Gasteiger partial charge on any atom is -1.00 e. The second kappa shape index (κ2) is 23.2. The van der Waals surface area contributed by atoms with Crippen LogP contribution < -0.4 is 43.3 Å². The van der Waals surface area contributed by atoms with Crippen molar-refractivity contribution in [3.05, 3.63) is 53.3 Å². The van der Waals surface area contributed by atoms with Crippen molar-refractivity contribution in [1.29, 1.82) is 0 Å². The van der Waals surface area contributed by atoms with Gasteiger partial charge in [-0.15, -0.1) is 0 Å². The molecule has 0 fully saturated rings. The summed E-state index contributed by atoms with van der Waals surface area (Å²) in [6, 6.07) is 9.52. The summed E-state index contributed by atoms with van der Waals surface area (Å²) in [5.41, 5.74) is 1.20. The fourth-order valence-electron chi connectivity index (χ4n) is 4.42. The van der Waals surface area contributed by atoms with E-state index in [4.69, 9.17) is 21.1 Å². The summed E-state index contributed by atoms with van der Waals surface area (Å²) < 4.78 is 13.6. The van der Waals surface area contributed by atoms with Crippen LogP contribution in [-0.2, 0) is 17.8 Å². The zero-order valence-electron chi connectivity index (χ0n) is 24.2. The first-order valence-corrected chi connectivity index (χ1v) is 15.3. The number of unbranched alkanes of at least 4 members (excludes halogenated alkanes) is 11. The number of nitrogens with zero attached hydrogens (tertiary/aromatic N) is 1. The van der Waals surface area contributed by atoms with Crippen molar-refractivity contribution in [2.45, 2.75) is 110 Å². The molecule has 5 nitrogen and oxygen atoms in total. The normalized spacial score (nSPS) is 10.6. The number of pyridine rings is 1. The van der Waals surface area contributed by atoms with Crippen molar-refractivity contribution in [3.8, 4) is 11.5 Å². The van der Waals surface area contributed by atoms with Gasteiger partial charge in [0.25, 0.3) is 5.91 Å². The van der Waals surface area contributed by atoms with Gasteiger partial charge in [-0.1, -0.05) is 96.1 Å². The molecule has 0 aliphatic heterocycles. The van der Waals surface area contributed by atoms with E-state index in [-0.39, 0.29) is 36.5 Å². The van der Waals surface area contributed by atoms with Gasteiger partial charge in [-0.05, 0) is 30.5 Å². The van der Waals surface area contributed by atoms with Crippen molar-refractivity contribution < 1.29 is 42.8 Å². The van der Waals surface area contributed by atoms with E-state index in [9.17, 15) is 4.79 Å². The van der Waals surface area contributed by atoms with Gasteiger partial charge in [-0.25, -0.2) is 4.57 Å². The van der Waals surface area contributed by atoms with Crippen LogP contribution in [0.1, 0.15) is 103 Å². The van der Waals surface area contributed by atoms with Crippen LogP contribution in [0.2, 0.25) is 5.02 Å². The maximum absolute atomic E-state index is 12.1. The summed E-state index contributed by atoms with van der Waals surface area (Å²) in [6.45, 7) is 6.65. The van der Waals surface area contributed by atoms with Gasteiger partial charge in [0, 0.05) is 31.2 Å². The van der Waals surface area contributed by atoms with Crippen LogP contribution in [-0.4, -0.2) is 25.7 Å². The molecular formula is C32H50ClIN2O3. The van der Waals surface area contributed by atoms with Gasteiger partial charge in [-0.3, -0.25) is 4.79 Å². The van der Waals surface area contributed by atoms with Crippen molar-refractivity contribution in [2.75, 3.05) is 19.8 Å². The van der Waals surface area contributed by atoms with E-state index >= 15 is 0 Å². The molecule has 0 aliphatic rings. The molecule has 0 saturated heterocycles.